The average Bonchev–Trinajstić information content (AvgIpc) is 3.23. The molecule has 1 aliphatic carbocycles. The van der Waals surface area contributed by atoms with E-state index in [2.05, 4.69) is 30.4 Å². The normalized spacial score (nSPS) is 20.5. The fraction of sp³-hybridized carbons (Fsp3) is 0.278. The zero-order valence-corrected chi connectivity index (χ0v) is 11.9. The van der Waals surface area contributed by atoms with Crippen molar-refractivity contribution in [2.45, 2.75) is 26.2 Å². The van der Waals surface area contributed by atoms with E-state index in [0.29, 0.717) is 5.92 Å². The maximum absolute atomic E-state index is 12.3. The highest BCUT2D eigenvalue weighted by molar-refractivity contribution is 5.95. The highest BCUT2D eigenvalue weighted by Gasteiger charge is 2.43. The van der Waals surface area contributed by atoms with Crippen molar-refractivity contribution in [2.24, 2.45) is 5.92 Å². The molecule has 1 fully saturated rings. The summed E-state index contributed by atoms with van der Waals surface area (Å²) in [4.78, 5) is 12.3. The number of anilines is 1. The first-order valence-corrected chi connectivity index (χ1v) is 7.08. The number of amides is 1. The third-order valence-corrected chi connectivity index (χ3v) is 3.99. The van der Waals surface area contributed by atoms with Crippen LogP contribution in [0.25, 0.3) is 0 Å². The Balaban J connectivity index is 1.67. The van der Waals surface area contributed by atoms with E-state index in [-0.39, 0.29) is 11.8 Å². The Morgan fingerprint density at radius 3 is 2.55 bits per heavy atom. The number of rotatable bonds is 3. The Kier molecular flexibility index (Phi) is 3.31. The van der Waals surface area contributed by atoms with Crippen LogP contribution in [0.3, 0.4) is 0 Å². The van der Waals surface area contributed by atoms with E-state index in [1.807, 2.05) is 37.3 Å². The zero-order valence-electron chi connectivity index (χ0n) is 11.9. The van der Waals surface area contributed by atoms with Gasteiger partial charge in [-0.05, 0) is 43.4 Å². The Bertz CT molecular complexity index is 633. The fourth-order valence-electron chi connectivity index (χ4n) is 2.73. The van der Waals surface area contributed by atoms with Crippen LogP contribution in [-0.4, -0.2) is 5.91 Å². The standard InChI is InChI=1S/C18H19NO/c1-12-8-9-17(13(2)10-12)19-18(20)16-11-15(16)14-6-4-3-5-7-14/h3-10,15-16H,11H2,1-2H3,(H,19,20)/t15-,16-/m0/s1. The number of aryl methyl sites for hydroxylation is 2. The van der Waals surface area contributed by atoms with Crippen LogP contribution in [0.4, 0.5) is 5.69 Å². The second kappa shape index (κ2) is 5.12. The third-order valence-electron chi connectivity index (χ3n) is 3.99. The van der Waals surface area contributed by atoms with Crippen LogP contribution in [-0.2, 0) is 4.79 Å². The average molecular weight is 265 g/mol. The lowest BCUT2D eigenvalue weighted by Crippen LogP contribution is -2.15. The van der Waals surface area contributed by atoms with Crippen LogP contribution in [0.5, 0.6) is 0 Å². The molecule has 1 saturated carbocycles. The Morgan fingerprint density at radius 2 is 1.85 bits per heavy atom. The maximum atomic E-state index is 12.3. The van der Waals surface area contributed by atoms with Crippen LogP contribution in [0.1, 0.15) is 29.0 Å². The van der Waals surface area contributed by atoms with Gasteiger partial charge in [-0.15, -0.1) is 0 Å². The molecule has 0 heterocycles. The molecule has 0 radical (unpaired) electrons. The van der Waals surface area contributed by atoms with Gasteiger partial charge in [-0.3, -0.25) is 4.79 Å². The van der Waals surface area contributed by atoms with Crippen LogP contribution in [0, 0.1) is 19.8 Å². The quantitative estimate of drug-likeness (QED) is 0.891. The van der Waals surface area contributed by atoms with Crippen molar-refractivity contribution in [2.75, 3.05) is 5.32 Å². The maximum Gasteiger partial charge on any atom is 0.228 e. The van der Waals surface area contributed by atoms with E-state index in [0.717, 1.165) is 17.7 Å². The molecular formula is C18H19NO. The molecule has 0 saturated heterocycles. The summed E-state index contributed by atoms with van der Waals surface area (Å²) in [5.74, 6) is 0.658. The first-order chi connectivity index (χ1) is 9.65. The van der Waals surface area contributed by atoms with Crippen molar-refractivity contribution in [1.82, 2.24) is 0 Å². The molecule has 2 heteroatoms. The molecule has 20 heavy (non-hydrogen) atoms. The highest BCUT2D eigenvalue weighted by Crippen LogP contribution is 2.47. The first kappa shape index (κ1) is 12.9. The van der Waals surface area contributed by atoms with Crippen molar-refractivity contribution in [3.63, 3.8) is 0 Å². The summed E-state index contributed by atoms with van der Waals surface area (Å²) in [5, 5.41) is 3.06. The van der Waals surface area contributed by atoms with Gasteiger partial charge in [0.1, 0.15) is 0 Å². The van der Waals surface area contributed by atoms with Gasteiger partial charge in [-0.1, -0.05) is 48.0 Å². The molecule has 2 aromatic carbocycles. The van der Waals surface area contributed by atoms with E-state index in [1.165, 1.54) is 11.1 Å². The van der Waals surface area contributed by atoms with Gasteiger partial charge < -0.3 is 5.32 Å². The van der Waals surface area contributed by atoms with Crippen molar-refractivity contribution in [1.29, 1.82) is 0 Å². The summed E-state index contributed by atoms with van der Waals surface area (Å²) in [6.07, 6.45) is 0.959. The summed E-state index contributed by atoms with van der Waals surface area (Å²) in [6, 6.07) is 16.4. The zero-order chi connectivity index (χ0) is 14.1. The number of nitrogens with one attached hydrogen (secondary N) is 1. The van der Waals surface area contributed by atoms with Gasteiger partial charge >= 0.3 is 0 Å². The van der Waals surface area contributed by atoms with Gasteiger partial charge in [0.15, 0.2) is 0 Å². The Morgan fingerprint density at radius 1 is 1.10 bits per heavy atom. The molecule has 102 valence electrons. The topological polar surface area (TPSA) is 29.1 Å². The SMILES string of the molecule is Cc1ccc(NC(=O)[C@H]2C[C@H]2c2ccccc2)c(C)c1. The summed E-state index contributed by atoms with van der Waals surface area (Å²) in [6.45, 7) is 4.09. The molecule has 2 atom stereocenters. The van der Waals surface area contributed by atoms with Gasteiger partial charge in [0, 0.05) is 11.6 Å². The van der Waals surface area contributed by atoms with Crippen LogP contribution >= 0.6 is 0 Å². The van der Waals surface area contributed by atoms with E-state index >= 15 is 0 Å². The predicted molar refractivity (Wildman–Crippen MR) is 81.8 cm³/mol. The second-order valence-corrected chi connectivity index (χ2v) is 5.67. The van der Waals surface area contributed by atoms with Crippen molar-refractivity contribution in [3.05, 3.63) is 65.2 Å². The molecule has 0 aliphatic heterocycles. The number of benzene rings is 2. The van der Waals surface area contributed by atoms with Crippen molar-refractivity contribution >= 4 is 11.6 Å². The molecule has 1 aliphatic rings. The third kappa shape index (κ3) is 2.60. The van der Waals surface area contributed by atoms with Crippen molar-refractivity contribution in [3.8, 4) is 0 Å². The summed E-state index contributed by atoms with van der Waals surface area (Å²) < 4.78 is 0. The van der Waals surface area contributed by atoms with Gasteiger partial charge in [0.2, 0.25) is 5.91 Å². The molecule has 2 aromatic rings. The van der Waals surface area contributed by atoms with Gasteiger partial charge in [0.05, 0.1) is 0 Å². The summed E-state index contributed by atoms with van der Waals surface area (Å²) >= 11 is 0. The minimum atomic E-state index is 0.123. The highest BCUT2D eigenvalue weighted by atomic mass is 16.2. The molecule has 0 spiro atoms. The fourth-order valence-corrected chi connectivity index (χ4v) is 2.73. The predicted octanol–water partition coefficient (Wildman–Crippen LogP) is 4.05. The minimum Gasteiger partial charge on any atom is -0.326 e. The molecule has 2 nitrogen and oxygen atoms in total. The van der Waals surface area contributed by atoms with Crippen LogP contribution < -0.4 is 5.32 Å². The number of carbonyl (C=O) groups is 1. The van der Waals surface area contributed by atoms with E-state index in [4.69, 9.17) is 0 Å². The Hall–Kier alpha value is -2.09. The number of hydrogen-bond donors (Lipinski definition) is 1. The summed E-state index contributed by atoms with van der Waals surface area (Å²) in [5.41, 5.74) is 4.54. The van der Waals surface area contributed by atoms with Gasteiger partial charge in [-0.2, -0.15) is 0 Å². The molecule has 0 bridgehead atoms. The van der Waals surface area contributed by atoms with Crippen LogP contribution in [0.15, 0.2) is 48.5 Å². The number of hydrogen-bond acceptors (Lipinski definition) is 1. The lowest BCUT2D eigenvalue weighted by atomic mass is 10.1. The molecule has 0 unspecified atom stereocenters. The van der Waals surface area contributed by atoms with E-state index in [9.17, 15) is 4.79 Å². The Labute approximate surface area is 119 Å². The van der Waals surface area contributed by atoms with Gasteiger partial charge in [-0.25, -0.2) is 0 Å². The first-order valence-electron chi connectivity index (χ1n) is 7.08. The summed E-state index contributed by atoms with van der Waals surface area (Å²) in [7, 11) is 0. The molecule has 1 amide bonds. The molecular weight excluding hydrogens is 246 g/mol. The van der Waals surface area contributed by atoms with E-state index in [1.54, 1.807) is 0 Å². The second-order valence-electron chi connectivity index (χ2n) is 5.67. The molecule has 0 aromatic heterocycles. The molecule has 3 rings (SSSR count). The largest absolute Gasteiger partial charge is 0.326 e. The van der Waals surface area contributed by atoms with Crippen molar-refractivity contribution < 1.29 is 4.79 Å². The lowest BCUT2D eigenvalue weighted by Gasteiger charge is -2.09. The number of carbonyl (C=O) groups excluding carboxylic acids is 1. The van der Waals surface area contributed by atoms with Gasteiger partial charge in [0.25, 0.3) is 0 Å². The molecule has 1 N–H and O–H groups in total. The van der Waals surface area contributed by atoms with E-state index < -0.39 is 0 Å². The minimum absolute atomic E-state index is 0.123. The lowest BCUT2D eigenvalue weighted by molar-refractivity contribution is -0.117. The van der Waals surface area contributed by atoms with Crippen LogP contribution in [0.2, 0.25) is 0 Å². The monoisotopic (exact) mass is 265 g/mol. The smallest absolute Gasteiger partial charge is 0.228 e.